The van der Waals surface area contributed by atoms with Gasteiger partial charge in [0.1, 0.15) is 16.5 Å². The summed E-state index contributed by atoms with van der Waals surface area (Å²) in [5.41, 5.74) is 2.07. The number of ether oxygens (including phenoxy) is 1. The molecule has 1 atom stereocenters. The van der Waals surface area contributed by atoms with Crippen molar-refractivity contribution in [2.45, 2.75) is 46.6 Å². The highest BCUT2D eigenvalue weighted by Crippen LogP contribution is 2.45. The maximum absolute atomic E-state index is 13.3. The van der Waals surface area contributed by atoms with Crippen LogP contribution in [0.1, 0.15) is 59.5 Å². The van der Waals surface area contributed by atoms with Gasteiger partial charge in [0.25, 0.3) is 5.91 Å². The Morgan fingerprint density at radius 2 is 2.09 bits per heavy atom. The first kappa shape index (κ1) is 23.9. The third kappa shape index (κ3) is 5.38. The Morgan fingerprint density at radius 1 is 1.26 bits per heavy atom. The summed E-state index contributed by atoms with van der Waals surface area (Å²) in [6.45, 7) is 10.3. The number of amides is 1. The number of nitrogens with one attached hydrogen (secondary N) is 1. The van der Waals surface area contributed by atoms with Gasteiger partial charge in [0.05, 0.1) is 37.8 Å². The zero-order chi connectivity index (χ0) is 24.4. The van der Waals surface area contributed by atoms with E-state index in [0.29, 0.717) is 37.0 Å². The van der Waals surface area contributed by atoms with Crippen LogP contribution in [-0.4, -0.2) is 38.4 Å². The van der Waals surface area contributed by atoms with Crippen LogP contribution in [0.15, 0.2) is 44.4 Å². The number of hydrogen-bond donors (Lipinski definition) is 1. The van der Waals surface area contributed by atoms with Crippen molar-refractivity contribution in [3.63, 3.8) is 0 Å². The molecule has 0 radical (unpaired) electrons. The minimum absolute atomic E-state index is 0.103. The lowest BCUT2D eigenvalue weighted by atomic mass is 9.72. The molecule has 186 valence electrons. The lowest BCUT2D eigenvalue weighted by molar-refractivity contribution is 0.0947. The van der Waals surface area contributed by atoms with Gasteiger partial charge in [-0.1, -0.05) is 20.8 Å². The number of furan rings is 2. The van der Waals surface area contributed by atoms with E-state index < -0.39 is 0 Å². The number of carbonyl (C=O) groups is 1. The minimum atomic E-state index is -0.103. The SMILES string of the molecule is CC(C)(C)[C@@H]1CCc2c(sc(N=Cc3ccc(N4CCOCC4)o3)c2C(=O)NCc2ccco2)C1. The molecular formula is C27H33N3O4S. The quantitative estimate of drug-likeness (QED) is 0.450. The highest BCUT2D eigenvalue weighted by atomic mass is 32.1. The Balaban J connectivity index is 1.40. The molecule has 35 heavy (non-hydrogen) atoms. The smallest absolute Gasteiger partial charge is 0.255 e. The van der Waals surface area contributed by atoms with Crippen LogP contribution in [0.5, 0.6) is 0 Å². The number of morpholine rings is 1. The molecule has 1 saturated heterocycles. The van der Waals surface area contributed by atoms with Crippen molar-refractivity contribution in [1.29, 1.82) is 0 Å². The minimum Gasteiger partial charge on any atom is -0.467 e. The van der Waals surface area contributed by atoms with Gasteiger partial charge in [0.2, 0.25) is 0 Å². The molecule has 3 aromatic heterocycles. The van der Waals surface area contributed by atoms with E-state index in [-0.39, 0.29) is 11.3 Å². The predicted octanol–water partition coefficient (Wildman–Crippen LogP) is 5.60. The van der Waals surface area contributed by atoms with Gasteiger partial charge in [-0.2, -0.15) is 0 Å². The molecule has 3 aromatic rings. The molecule has 1 N–H and O–H groups in total. The normalized spacial score (nSPS) is 18.7. The number of carbonyl (C=O) groups excluding carboxylic acids is 1. The average molecular weight is 496 g/mol. The van der Waals surface area contributed by atoms with Crippen LogP contribution in [0.4, 0.5) is 10.9 Å². The fourth-order valence-electron chi connectivity index (χ4n) is 4.79. The first-order valence-corrected chi connectivity index (χ1v) is 13.1. The molecule has 7 nitrogen and oxygen atoms in total. The van der Waals surface area contributed by atoms with Crippen molar-refractivity contribution in [1.82, 2.24) is 5.32 Å². The predicted molar refractivity (Wildman–Crippen MR) is 138 cm³/mol. The molecule has 5 rings (SSSR count). The van der Waals surface area contributed by atoms with Crippen molar-refractivity contribution >= 4 is 34.3 Å². The van der Waals surface area contributed by atoms with E-state index in [0.717, 1.165) is 54.6 Å². The maximum atomic E-state index is 13.3. The molecule has 0 spiro atoms. The first-order chi connectivity index (χ1) is 16.9. The van der Waals surface area contributed by atoms with Crippen LogP contribution < -0.4 is 10.2 Å². The second-order valence-corrected chi connectivity index (χ2v) is 11.4. The zero-order valence-corrected chi connectivity index (χ0v) is 21.5. The summed E-state index contributed by atoms with van der Waals surface area (Å²) in [7, 11) is 0. The molecule has 2 aliphatic rings. The highest BCUT2D eigenvalue weighted by molar-refractivity contribution is 7.16. The Hall–Kier alpha value is -2.84. The molecule has 1 amide bonds. The van der Waals surface area contributed by atoms with Crippen molar-refractivity contribution in [2.24, 2.45) is 16.3 Å². The molecule has 1 fully saturated rings. The van der Waals surface area contributed by atoms with Crippen LogP contribution >= 0.6 is 11.3 Å². The first-order valence-electron chi connectivity index (χ1n) is 12.3. The van der Waals surface area contributed by atoms with Gasteiger partial charge in [0.15, 0.2) is 5.88 Å². The van der Waals surface area contributed by atoms with Crippen LogP contribution in [0.2, 0.25) is 0 Å². The van der Waals surface area contributed by atoms with Gasteiger partial charge in [-0.3, -0.25) is 4.79 Å². The largest absolute Gasteiger partial charge is 0.467 e. The fourth-order valence-corrected chi connectivity index (χ4v) is 6.06. The van der Waals surface area contributed by atoms with Crippen molar-refractivity contribution < 1.29 is 18.4 Å². The second kappa shape index (κ2) is 10.0. The number of hydrogen-bond acceptors (Lipinski definition) is 7. The molecule has 0 aromatic carbocycles. The average Bonchev–Trinajstić information content (AvgIpc) is 3.60. The molecule has 8 heteroatoms. The van der Waals surface area contributed by atoms with E-state index in [1.807, 2.05) is 24.3 Å². The van der Waals surface area contributed by atoms with E-state index in [1.54, 1.807) is 23.8 Å². The summed E-state index contributed by atoms with van der Waals surface area (Å²) >= 11 is 1.64. The topological polar surface area (TPSA) is 80.2 Å². The summed E-state index contributed by atoms with van der Waals surface area (Å²) in [6, 6.07) is 7.58. The number of thiophene rings is 1. The van der Waals surface area contributed by atoms with Gasteiger partial charge >= 0.3 is 0 Å². The second-order valence-electron chi connectivity index (χ2n) is 10.3. The summed E-state index contributed by atoms with van der Waals surface area (Å²) < 4.78 is 16.8. The molecule has 0 saturated carbocycles. The van der Waals surface area contributed by atoms with Gasteiger partial charge in [0, 0.05) is 24.0 Å². The van der Waals surface area contributed by atoms with Crippen LogP contribution in [0.3, 0.4) is 0 Å². The molecular weight excluding hydrogens is 462 g/mol. The van der Waals surface area contributed by atoms with E-state index in [1.165, 1.54) is 4.88 Å². The Kier molecular flexibility index (Phi) is 6.84. The van der Waals surface area contributed by atoms with Crippen molar-refractivity contribution in [3.05, 3.63) is 58.1 Å². The van der Waals surface area contributed by atoms with Gasteiger partial charge in [-0.25, -0.2) is 4.99 Å². The van der Waals surface area contributed by atoms with Crippen molar-refractivity contribution in [3.8, 4) is 0 Å². The molecule has 1 aliphatic heterocycles. The van der Waals surface area contributed by atoms with Gasteiger partial charge in [-0.15, -0.1) is 11.3 Å². The van der Waals surface area contributed by atoms with Crippen LogP contribution in [0, 0.1) is 11.3 Å². The Labute approximate surface area is 210 Å². The van der Waals surface area contributed by atoms with E-state index in [2.05, 4.69) is 31.0 Å². The third-order valence-electron chi connectivity index (χ3n) is 6.95. The van der Waals surface area contributed by atoms with Crippen molar-refractivity contribution in [2.75, 3.05) is 31.2 Å². The van der Waals surface area contributed by atoms with E-state index in [9.17, 15) is 4.79 Å². The number of nitrogens with zero attached hydrogens (tertiary/aromatic N) is 2. The molecule has 4 heterocycles. The molecule has 1 aliphatic carbocycles. The lowest BCUT2D eigenvalue weighted by Crippen LogP contribution is -2.35. The monoisotopic (exact) mass is 495 g/mol. The Morgan fingerprint density at radius 3 is 2.83 bits per heavy atom. The summed E-state index contributed by atoms with van der Waals surface area (Å²) in [4.78, 5) is 21.5. The van der Waals surface area contributed by atoms with Gasteiger partial charge in [-0.05, 0) is 54.4 Å². The summed E-state index contributed by atoms with van der Waals surface area (Å²) in [6.07, 6.45) is 6.31. The summed E-state index contributed by atoms with van der Waals surface area (Å²) in [5.74, 6) is 2.71. The number of aliphatic imine (C=N–C) groups is 1. The van der Waals surface area contributed by atoms with Crippen LogP contribution in [0.25, 0.3) is 0 Å². The van der Waals surface area contributed by atoms with E-state index in [4.69, 9.17) is 18.6 Å². The standard InChI is InChI=1S/C27H33N3O4S/c1-27(2,3)18-6-8-21-22(15-18)35-26(24(21)25(31)28-16-19-5-4-12-33-19)29-17-20-7-9-23(34-20)30-10-13-32-14-11-30/h4-5,7,9,12,17-18H,6,8,10-11,13-16H2,1-3H3,(H,28,31)/t18-/m1/s1. The van der Waals surface area contributed by atoms with Crippen LogP contribution in [-0.2, 0) is 24.1 Å². The number of anilines is 1. The lowest BCUT2D eigenvalue weighted by Gasteiger charge is -2.33. The number of fused-ring (bicyclic) bond motifs is 1. The molecule has 0 bridgehead atoms. The zero-order valence-electron chi connectivity index (χ0n) is 20.6. The highest BCUT2D eigenvalue weighted by Gasteiger charge is 2.33. The number of rotatable bonds is 6. The molecule has 0 unspecified atom stereocenters. The van der Waals surface area contributed by atoms with E-state index >= 15 is 0 Å². The third-order valence-corrected chi connectivity index (χ3v) is 8.11. The Bertz CT molecular complexity index is 1180. The maximum Gasteiger partial charge on any atom is 0.255 e. The summed E-state index contributed by atoms with van der Waals surface area (Å²) in [5, 5.41) is 3.76. The van der Waals surface area contributed by atoms with Gasteiger partial charge < -0.3 is 23.8 Å². The fraction of sp³-hybridized carbons (Fsp3) is 0.481.